The fourth-order valence-corrected chi connectivity index (χ4v) is 4.00. The van der Waals surface area contributed by atoms with E-state index in [0.29, 0.717) is 18.0 Å². The van der Waals surface area contributed by atoms with Crippen molar-refractivity contribution in [3.63, 3.8) is 0 Å². The summed E-state index contributed by atoms with van der Waals surface area (Å²) in [6.45, 7) is 8.97. The zero-order valence-electron chi connectivity index (χ0n) is 17.5. The number of aryl methyl sites for hydroxylation is 1. The molecule has 1 aromatic heterocycles. The molecule has 1 saturated heterocycles. The maximum atomic E-state index is 12.8. The first-order chi connectivity index (χ1) is 13.8. The molecule has 0 bridgehead atoms. The molecule has 1 fully saturated rings. The molecule has 1 N–H and O–H groups in total. The Hall–Kier alpha value is -2.25. The third kappa shape index (κ3) is 5.42. The Morgan fingerprint density at radius 2 is 1.93 bits per heavy atom. The maximum absolute atomic E-state index is 12.8. The van der Waals surface area contributed by atoms with Crippen molar-refractivity contribution in [2.75, 3.05) is 18.4 Å². The molecule has 29 heavy (non-hydrogen) atoms. The van der Waals surface area contributed by atoms with Gasteiger partial charge in [-0.1, -0.05) is 42.5 Å². The smallest absolute Gasteiger partial charge is 0.330 e. The lowest BCUT2D eigenvalue weighted by atomic mass is 9.98. The Bertz CT molecular complexity index is 864. The van der Waals surface area contributed by atoms with Crippen molar-refractivity contribution in [2.24, 2.45) is 5.41 Å². The van der Waals surface area contributed by atoms with Crippen LogP contribution in [-0.4, -0.2) is 40.9 Å². The number of hydrogen-bond donors (Lipinski definition) is 1. The van der Waals surface area contributed by atoms with Crippen molar-refractivity contribution in [3.05, 3.63) is 46.5 Å². The third-order valence-corrected chi connectivity index (χ3v) is 5.91. The first kappa shape index (κ1) is 21.5. The van der Waals surface area contributed by atoms with E-state index in [0.717, 1.165) is 35.5 Å². The zero-order valence-corrected chi connectivity index (χ0v) is 18.3. The number of carbonyl (C=O) groups is 2. The lowest BCUT2D eigenvalue weighted by Gasteiger charge is -2.32. The Kier molecular flexibility index (Phi) is 6.70. The van der Waals surface area contributed by atoms with E-state index in [1.165, 1.54) is 11.3 Å². The van der Waals surface area contributed by atoms with Gasteiger partial charge in [0.1, 0.15) is 0 Å². The minimum atomic E-state index is -0.505. The average molecular weight is 416 g/mol. The van der Waals surface area contributed by atoms with E-state index in [1.807, 2.05) is 45.0 Å². The molecule has 1 aliphatic rings. The molecule has 6 nitrogen and oxygen atoms in total. The molecule has 2 heterocycles. The second-order valence-corrected chi connectivity index (χ2v) is 9.38. The molecular weight excluding hydrogens is 386 g/mol. The Morgan fingerprint density at radius 3 is 2.59 bits per heavy atom. The summed E-state index contributed by atoms with van der Waals surface area (Å²) in [7, 11) is 0. The number of ketones is 1. The highest BCUT2D eigenvalue weighted by molar-refractivity contribution is 7.17. The summed E-state index contributed by atoms with van der Waals surface area (Å²) >= 11 is 1.39. The molecule has 156 valence electrons. The number of nitrogens with one attached hydrogen (secondary N) is 1. The fourth-order valence-electron chi connectivity index (χ4n) is 3.15. The number of carbonyl (C=O) groups excluding carboxylic acids is 2. The lowest BCUT2D eigenvalue weighted by Crippen LogP contribution is -2.42. The molecule has 0 atom stereocenters. The van der Waals surface area contributed by atoms with Gasteiger partial charge in [-0.3, -0.25) is 4.79 Å². The van der Waals surface area contributed by atoms with Crippen LogP contribution in [-0.2, 0) is 16.1 Å². The second-order valence-electron chi connectivity index (χ2n) is 8.35. The van der Waals surface area contributed by atoms with Crippen molar-refractivity contribution in [3.8, 4) is 0 Å². The van der Waals surface area contributed by atoms with E-state index < -0.39 is 5.41 Å². The van der Waals surface area contributed by atoms with Gasteiger partial charge in [0.05, 0.1) is 16.5 Å². The molecular formula is C22H29N3O3S. The predicted molar refractivity (Wildman–Crippen MR) is 115 cm³/mol. The van der Waals surface area contributed by atoms with Gasteiger partial charge >= 0.3 is 5.97 Å². The highest BCUT2D eigenvalue weighted by Crippen LogP contribution is 2.26. The number of rotatable bonds is 6. The molecule has 3 rings (SSSR count). The summed E-state index contributed by atoms with van der Waals surface area (Å²) in [6.07, 6.45) is 4.17. The van der Waals surface area contributed by atoms with E-state index in [9.17, 15) is 9.59 Å². The molecule has 7 heteroatoms. The van der Waals surface area contributed by atoms with E-state index in [4.69, 9.17) is 4.84 Å². The molecule has 0 aliphatic carbocycles. The molecule has 0 saturated carbocycles. The largest absolute Gasteiger partial charge is 0.367 e. The van der Waals surface area contributed by atoms with Gasteiger partial charge in [-0.05, 0) is 45.6 Å². The van der Waals surface area contributed by atoms with Crippen LogP contribution in [0.4, 0.5) is 5.13 Å². The summed E-state index contributed by atoms with van der Waals surface area (Å²) in [5.74, 6) is -0.184. The SMILES string of the molecule is CCc1ccccc1C(=O)c1cnc(NC2CCN(OC(=O)C(C)(C)C)CC2)s1. The van der Waals surface area contributed by atoms with E-state index in [2.05, 4.69) is 17.2 Å². The van der Waals surface area contributed by atoms with Crippen LogP contribution in [0, 0.1) is 5.41 Å². The van der Waals surface area contributed by atoms with Gasteiger partial charge in [-0.25, -0.2) is 9.78 Å². The monoisotopic (exact) mass is 415 g/mol. The van der Waals surface area contributed by atoms with Gasteiger partial charge in [0.15, 0.2) is 5.13 Å². The van der Waals surface area contributed by atoms with E-state index in [-0.39, 0.29) is 17.8 Å². The number of nitrogens with zero attached hydrogens (tertiary/aromatic N) is 2. The normalized spacial score (nSPS) is 15.9. The van der Waals surface area contributed by atoms with Gasteiger partial charge in [0, 0.05) is 24.7 Å². The summed E-state index contributed by atoms with van der Waals surface area (Å²) < 4.78 is 0. The topological polar surface area (TPSA) is 71.5 Å². The van der Waals surface area contributed by atoms with Crippen LogP contribution in [0.1, 0.15) is 61.3 Å². The van der Waals surface area contributed by atoms with E-state index >= 15 is 0 Å². The number of aromatic nitrogens is 1. The molecule has 0 amide bonds. The summed E-state index contributed by atoms with van der Waals surface area (Å²) in [4.78, 5) is 35.4. The van der Waals surface area contributed by atoms with Crippen LogP contribution in [0.3, 0.4) is 0 Å². The number of piperidine rings is 1. The lowest BCUT2D eigenvalue weighted by molar-refractivity contribution is -0.204. The van der Waals surface area contributed by atoms with Gasteiger partial charge in [0.2, 0.25) is 5.78 Å². The van der Waals surface area contributed by atoms with Crippen LogP contribution >= 0.6 is 11.3 Å². The van der Waals surface area contributed by atoms with Crippen molar-refractivity contribution >= 4 is 28.2 Å². The molecule has 1 aromatic carbocycles. The van der Waals surface area contributed by atoms with Crippen LogP contribution in [0.2, 0.25) is 0 Å². The second kappa shape index (κ2) is 9.05. The molecule has 0 spiro atoms. The third-order valence-electron chi connectivity index (χ3n) is 4.98. The number of benzene rings is 1. The Morgan fingerprint density at radius 1 is 1.24 bits per heavy atom. The van der Waals surface area contributed by atoms with Crippen molar-refractivity contribution in [2.45, 2.75) is 53.0 Å². The van der Waals surface area contributed by atoms with Gasteiger partial charge in [-0.2, -0.15) is 0 Å². The molecule has 0 radical (unpaired) electrons. The number of anilines is 1. The fraction of sp³-hybridized carbons (Fsp3) is 0.500. The van der Waals surface area contributed by atoms with Crippen molar-refractivity contribution in [1.82, 2.24) is 10.0 Å². The van der Waals surface area contributed by atoms with Crippen LogP contribution in [0.5, 0.6) is 0 Å². The standard InChI is InChI=1S/C22H29N3O3S/c1-5-15-8-6-7-9-17(15)19(26)18-14-23-21(29-18)24-16-10-12-25(13-11-16)28-20(27)22(2,3)4/h6-9,14,16H,5,10-13H2,1-4H3,(H,23,24). The van der Waals surface area contributed by atoms with Crippen molar-refractivity contribution < 1.29 is 14.4 Å². The summed E-state index contributed by atoms with van der Waals surface area (Å²) in [5, 5.41) is 5.93. The Labute approximate surface area is 176 Å². The van der Waals surface area contributed by atoms with Crippen LogP contribution in [0.25, 0.3) is 0 Å². The summed E-state index contributed by atoms with van der Waals surface area (Å²) in [6, 6.07) is 7.97. The number of hydrogen-bond acceptors (Lipinski definition) is 7. The highest BCUT2D eigenvalue weighted by Gasteiger charge is 2.28. The number of thiazole rings is 1. The summed E-state index contributed by atoms with van der Waals surface area (Å²) in [5.41, 5.74) is 1.30. The van der Waals surface area contributed by atoms with Gasteiger partial charge in [0.25, 0.3) is 0 Å². The first-order valence-corrected chi connectivity index (χ1v) is 10.9. The average Bonchev–Trinajstić information content (AvgIpc) is 3.16. The number of hydroxylamine groups is 2. The van der Waals surface area contributed by atoms with Crippen LogP contribution < -0.4 is 5.32 Å². The van der Waals surface area contributed by atoms with Crippen molar-refractivity contribution in [1.29, 1.82) is 0 Å². The quantitative estimate of drug-likeness (QED) is 0.709. The minimum Gasteiger partial charge on any atom is -0.367 e. The van der Waals surface area contributed by atoms with Gasteiger partial charge in [-0.15, -0.1) is 5.06 Å². The maximum Gasteiger partial charge on any atom is 0.330 e. The molecule has 2 aromatic rings. The first-order valence-electron chi connectivity index (χ1n) is 10.1. The van der Waals surface area contributed by atoms with Crippen LogP contribution in [0.15, 0.2) is 30.5 Å². The predicted octanol–water partition coefficient (Wildman–Crippen LogP) is 4.32. The zero-order chi connectivity index (χ0) is 21.0. The van der Waals surface area contributed by atoms with Gasteiger partial charge < -0.3 is 10.2 Å². The molecule has 1 aliphatic heterocycles. The highest BCUT2D eigenvalue weighted by atomic mass is 32.1. The minimum absolute atomic E-state index is 0.0249. The van der Waals surface area contributed by atoms with E-state index in [1.54, 1.807) is 11.3 Å². The Balaban J connectivity index is 1.55. The molecule has 0 unspecified atom stereocenters.